The molecule has 1 N–H and O–H groups in total. The molecule has 1 saturated heterocycles. The largest absolute Gasteiger partial charge is 0.390 e. The average Bonchev–Trinajstić information content (AvgIpc) is 3.18. The summed E-state index contributed by atoms with van der Waals surface area (Å²) in [7, 11) is 0. The number of aliphatic hydroxyl groups is 1. The summed E-state index contributed by atoms with van der Waals surface area (Å²) in [4.78, 5) is 15.2. The Morgan fingerprint density at radius 3 is 2.89 bits per heavy atom. The van der Waals surface area contributed by atoms with Gasteiger partial charge < -0.3 is 10.0 Å². The molecule has 0 saturated carbocycles. The van der Waals surface area contributed by atoms with Gasteiger partial charge in [0.2, 0.25) is 0 Å². The highest BCUT2D eigenvalue weighted by atomic mass is 16.3. The molecule has 0 radical (unpaired) electrons. The van der Waals surface area contributed by atoms with Crippen LogP contribution in [0.15, 0.2) is 42.7 Å². The van der Waals surface area contributed by atoms with Crippen molar-refractivity contribution in [2.45, 2.75) is 70.6 Å². The van der Waals surface area contributed by atoms with E-state index in [0.717, 1.165) is 49.9 Å². The third kappa shape index (κ3) is 5.67. The molecule has 2 aromatic rings. The zero-order valence-corrected chi connectivity index (χ0v) is 16.5. The van der Waals surface area contributed by atoms with Crippen LogP contribution in [0.25, 0.3) is 0 Å². The number of carbonyl (C=O) groups is 1. The number of nitrogens with zero attached hydrogens (tertiary/aromatic N) is 3. The average molecular weight is 370 g/mol. The lowest BCUT2D eigenvalue weighted by atomic mass is 9.96. The molecule has 0 spiro atoms. The van der Waals surface area contributed by atoms with Crippen molar-refractivity contribution in [1.29, 1.82) is 0 Å². The van der Waals surface area contributed by atoms with E-state index in [4.69, 9.17) is 0 Å². The Morgan fingerprint density at radius 2 is 2.15 bits per heavy atom. The fourth-order valence-electron chi connectivity index (χ4n) is 3.76. The van der Waals surface area contributed by atoms with Gasteiger partial charge in [0.25, 0.3) is 5.91 Å². The van der Waals surface area contributed by atoms with Crippen LogP contribution < -0.4 is 0 Å². The molecule has 0 bridgehead atoms. The van der Waals surface area contributed by atoms with E-state index >= 15 is 0 Å². The van der Waals surface area contributed by atoms with Crippen LogP contribution in [0.2, 0.25) is 0 Å². The number of aryl methyl sites for hydroxylation is 2. The number of hydrogen-bond donors (Lipinski definition) is 1. The van der Waals surface area contributed by atoms with Crippen molar-refractivity contribution in [2.75, 3.05) is 6.54 Å². The Morgan fingerprint density at radius 1 is 1.30 bits per heavy atom. The summed E-state index contributed by atoms with van der Waals surface area (Å²) in [6, 6.07) is 10.1. The molecule has 0 aliphatic carbocycles. The Balaban J connectivity index is 1.66. The first-order valence-electron chi connectivity index (χ1n) is 10.0. The Bertz CT molecular complexity index is 734. The monoisotopic (exact) mass is 369 g/mol. The first-order valence-corrected chi connectivity index (χ1v) is 10.0. The van der Waals surface area contributed by atoms with Gasteiger partial charge in [0.1, 0.15) is 0 Å². The van der Waals surface area contributed by atoms with Gasteiger partial charge >= 0.3 is 0 Å². The summed E-state index contributed by atoms with van der Waals surface area (Å²) < 4.78 is 1.94. The van der Waals surface area contributed by atoms with Crippen LogP contribution in [0.4, 0.5) is 0 Å². The molecule has 1 aromatic carbocycles. The molecule has 1 unspecified atom stereocenters. The van der Waals surface area contributed by atoms with E-state index in [0.29, 0.717) is 6.42 Å². The minimum atomic E-state index is -0.690. The molecule has 1 atom stereocenters. The summed E-state index contributed by atoms with van der Waals surface area (Å²) in [5.74, 6) is 0.130. The first kappa shape index (κ1) is 19.6. The summed E-state index contributed by atoms with van der Waals surface area (Å²) >= 11 is 0. The molecule has 1 aliphatic rings. The van der Waals surface area contributed by atoms with Gasteiger partial charge in [-0.15, -0.1) is 0 Å². The van der Waals surface area contributed by atoms with Crippen LogP contribution >= 0.6 is 0 Å². The number of aromatic nitrogens is 2. The zero-order chi connectivity index (χ0) is 19.3. The van der Waals surface area contributed by atoms with Crippen LogP contribution in [0, 0.1) is 0 Å². The third-order valence-corrected chi connectivity index (χ3v) is 5.34. The highest BCUT2D eigenvalue weighted by molar-refractivity contribution is 5.94. The summed E-state index contributed by atoms with van der Waals surface area (Å²) in [5.41, 5.74) is 1.17. The molecule has 146 valence electrons. The molecule has 1 amide bonds. The lowest BCUT2D eigenvalue weighted by Crippen LogP contribution is -2.44. The Hall–Kier alpha value is -2.14. The van der Waals surface area contributed by atoms with Gasteiger partial charge in [0.15, 0.2) is 0 Å². The highest BCUT2D eigenvalue weighted by Crippen LogP contribution is 2.23. The highest BCUT2D eigenvalue weighted by Gasteiger charge is 2.27. The van der Waals surface area contributed by atoms with E-state index in [1.165, 1.54) is 6.42 Å². The standard InChI is InChI=1S/C22H31N3O2/c1-22(2,27)12-10-18-7-5-8-19(17-18)21(26)25-15-4-3-9-20(25)11-16-24-14-6-13-23-24/h5-8,13-14,17,20,27H,3-4,9-12,15-16H2,1-2H3. The van der Waals surface area contributed by atoms with Crippen molar-refractivity contribution in [2.24, 2.45) is 0 Å². The number of rotatable bonds is 7. The summed E-state index contributed by atoms with van der Waals surface area (Å²) in [6.07, 6.45) is 9.47. The van der Waals surface area contributed by atoms with Gasteiger partial charge in [-0.1, -0.05) is 12.1 Å². The van der Waals surface area contributed by atoms with Crippen LogP contribution in [-0.4, -0.2) is 43.9 Å². The first-order chi connectivity index (χ1) is 12.9. The van der Waals surface area contributed by atoms with E-state index in [2.05, 4.69) is 10.00 Å². The van der Waals surface area contributed by atoms with Crippen LogP contribution in [0.5, 0.6) is 0 Å². The maximum atomic E-state index is 13.2. The second-order valence-electron chi connectivity index (χ2n) is 8.22. The van der Waals surface area contributed by atoms with Gasteiger partial charge in [-0.2, -0.15) is 5.10 Å². The second-order valence-corrected chi connectivity index (χ2v) is 8.22. The van der Waals surface area contributed by atoms with E-state index < -0.39 is 5.60 Å². The van der Waals surface area contributed by atoms with E-state index in [1.807, 2.05) is 55.1 Å². The van der Waals surface area contributed by atoms with Crippen molar-refractivity contribution in [1.82, 2.24) is 14.7 Å². The van der Waals surface area contributed by atoms with Crippen LogP contribution in [-0.2, 0) is 13.0 Å². The molecular formula is C22H31N3O2. The summed E-state index contributed by atoms with van der Waals surface area (Å²) in [6.45, 7) is 5.31. The maximum Gasteiger partial charge on any atom is 0.254 e. The van der Waals surface area contributed by atoms with Gasteiger partial charge in [0, 0.05) is 37.1 Å². The van der Waals surface area contributed by atoms with Crippen molar-refractivity contribution >= 4 is 5.91 Å². The van der Waals surface area contributed by atoms with Gasteiger partial charge in [-0.3, -0.25) is 9.48 Å². The maximum absolute atomic E-state index is 13.2. The van der Waals surface area contributed by atoms with Gasteiger partial charge in [0.05, 0.1) is 5.60 Å². The van der Waals surface area contributed by atoms with Crippen molar-refractivity contribution < 1.29 is 9.90 Å². The van der Waals surface area contributed by atoms with E-state index in [1.54, 1.807) is 6.20 Å². The fourth-order valence-corrected chi connectivity index (χ4v) is 3.76. The number of likely N-dealkylation sites (tertiary alicyclic amines) is 1. The number of benzene rings is 1. The SMILES string of the molecule is CC(C)(O)CCc1cccc(C(=O)N2CCCCC2CCn2cccn2)c1. The zero-order valence-electron chi connectivity index (χ0n) is 16.5. The molecule has 1 aromatic heterocycles. The number of piperidine rings is 1. The molecular weight excluding hydrogens is 338 g/mol. The normalized spacial score (nSPS) is 17.9. The molecule has 2 heterocycles. The van der Waals surface area contributed by atoms with Crippen molar-refractivity contribution in [3.63, 3.8) is 0 Å². The van der Waals surface area contributed by atoms with Crippen LogP contribution in [0.3, 0.4) is 0 Å². The summed E-state index contributed by atoms with van der Waals surface area (Å²) in [5, 5.41) is 14.2. The molecule has 3 rings (SSSR count). The smallest absolute Gasteiger partial charge is 0.254 e. The van der Waals surface area contributed by atoms with Crippen molar-refractivity contribution in [3.05, 3.63) is 53.9 Å². The topological polar surface area (TPSA) is 58.4 Å². The molecule has 5 heteroatoms. The van der Waals surface area contributed by atoms with Crippen molar-refractivity contribution in [3.8, 4) is 0 Å². The lowest BCUT2D eigenvalue weighted by Gasteiger charge is -2.36. The number of hydrogen-bond acceptors (Lipinski definition) is 3. The predicted molar refractivity (Wildman–Crippen MR) is 107 cm³/mol. The second kappa shape index (κ2) is 8.70. The molecule has 1 aliphatic heterocycles. The predicted octanol–water partition coefficient (Wildman–Crippen LogP) is 3.67. The molecule has 5 nitrogen and oxygen atoms in total. The number of carbonyl (C=O) groups excluding carboxylic acids is 1. The minimum Gasteiger partial charge on any atom is -0.390 e. The minimum absolute atomic E-state index is 0.130. The van der Waals surface area contributed by atoms with E-state index in [9.17, 15) is 9.90 Å². The fraction of sp³-hybridized carbons (Fsp3) is 0.545. The quantitative estimate of drug-likeness (QED) is 0.810. The Labute approximate surface area is 162 Å². The Kier molecular flexibility index (Phi) is 6.32. The van der Waals surface area contributed by atoms with E-state index in [-0.39, 0.29) is 11.9 Å². The molecule has 1 fully saturated rings. The number of amides is 1. The van der Waals surface area contributed by atoms with Gasteiger partial charge in [-0.25, -0.2) is 0 Å². The lowest BCUT2D eigenvalue weighted by molar-refractivity contribution is 0.0594. The van der Waals surface area contributed by atoms with Gasteiger partial charge in [-0.05, 0) is 76.1 Å². The third-order valence-electron chi connectivity index (χ3n) is 5.34. The molecule has 27 heavy (non-hydrogen) atoms. The van der Waals surface area contributed by atoms with Crippen LogP contribution in [0.1, 0.15) is 61.9 Å².